The lowest BCUT2D eigenvalue weighted by Gasteiger charge is -2.35. The smallest absolute Gasteiger partial charge is 0.422 e. The Morgan fingerprint density at radius 1 is 0.792 bits per heavy atom. The van der Waals surface area contributed by atoms with Crippen molar-refractivity contribution in [1.29, 1.82) is 0 Å². The fraction of sp³-hybridized carbons (Fsp3) is 1.00. The highest BCUT2D eigenvalue weighted by Gasteiger charge is 2.44. The topological polar surface area (TPSA) is 46.2 Å². The van der Waals surface area contributed by atoms with Gasteiger partial charge in [0.1, 0.15) is 0 Å². The van der Waals surface area contributed by atoms with Crippen molar-refractivity contribution < 1.29 is 20.6 Å². The third kappa shape index (κ3) is 13.0. The first-order chi connectivity index (χ1) is 10.9. The molecule has 1 unspecified atom stereocenters. The molecule has 24 heavy (non-hydrogen) atoms. The first kappa shape index (κ1) is 25.8. The summed E-state index contributed by atoms with van der Waals surface area (Å²) in [4.78, 5) is 0. The standard InChI is InChI=1S/C11H36O5S2Si6/c1-19(2)12-22(15-23(7,8)11-9-10-17)16-24(18,13-20(3)4)14-21(5)6/h17-22H,9-11H2,1-8H3. The van der Waals surface area contributed by atoms with Crippen LogP contribution in [-0.4, -0.2) is 58.7 Å². The molecule has 0 aromatic rings. The third-order valence-electron chi connectivity index (χ3n) is 2.75. The zero-order valence-corrected chi connectivity index (χ0v) is 24.8. The Kier molecular flexibility index (Phi) is 13.2. The van der Waals surface area contributed by atoms with Crippen molar-refractivity contribution in [2.24, 2.45) is 0 Å². The van der Waals surface area contributed by atoms with Crippen LogP contribution in [0.2, 0.25) is 58.4 Å². The van der Waals surface area contributed by atoms with E-state index in [-0.39, 0.29) is 0 Å². The molecule has 0 saturated heterocycles. The second kappa shape index (κ2) is 12.3. The molecule has 1 atom stereocenters. The second-order valence-electron chi connectivity index (χ2n) is 7.15. The maximum Gasteiger partial charge on any atom is 0.541 e. The summed E-state index contributed by atoms with van der Waals surface area (Å²) >= 11 is 9.02. The van der Waals surface area contributed by atoms with E-state index in [4.69, 9.17) is 32.7 Å². The Morgan fingerprint density at radius 3 is 1.67 bits per heavy atom. The molecule has 0 spiro atoms. The van der Waals surface area contributed by atoms with Crippen molar-refractivity contribution in [3.63, 3.8) is 0 Å². The van der Waals surface area contributed by atoms with Gasteiger partial charge in [-0.05, 0) is 70.6 Å². The Morgan fingerprint density at radius 2 is 1.29 bits per heavy atom. The highest BCUT2D eigenvalue weighted by atomic mass is 32.3. The molecule has 0 bridgehead atoms. The summed E-state index contributed by atoms with van der Waals surface area (Å²) in [5.74, 6) is 0.877. The van der Waals surface area contributed by atoms with Crippen LogP contribution in [0.15, 0.2) is 0 Å². The fourth-order valence-electron chi connectivity index (χ4n) is 1.93. The number of thiol groups is 2. The molecule has 0 fully saturated rings. The van der Waals surface area contributed by atoms with E-state index in [1.165, 1.54) is 0 Å². The molecule has 146 valence electrons. The second-order valence-corrected chi connectivity index (χ2v) is 26.0. The highest BCUT2D eigenvalue weighted by molar-refractivity contribution is 8.12. The number of hydrogen-bond donors (Lipinski definition) is 2. The molecular formula is C11H36O5S2Si6. The van der Waals surface area contributed by atoms with E-state index >= 15 is 0 Å². The van der Waals surface area contributed by atoms with E-state index in [1.54, 1.807) is 0 Å². The average Bonchev–Trinajstić information content (AvgIpc) is 2.31. The Bertz CT molecular complexity index is 341. The first-order valence-corrected chi connectivity index (χ1v) is 25.1. The van der Waals surface area contributed by atoms with Crippen LogP contribution >= 0.6 is 24.7 Å². The molecule has 0 rings (SSSR count). The van der Waals surface area contributed by atoms with Gasteiger partial charge in [-0.25, -0.2) is 0 Å². The molecule has 0 aliphatic carbocycles. The lowest BCUT2D eigenvalue weighted by atomic mass is 10.6. The maximum atomic E-state index is 6.40. The van der Waals surface area contributed by atoms with Crippen molar-refractivity contribution in [3.05, 3.63) is 0 Å². The number of rotatable bonds is 13. The Balaban J connectivity index is 5.11. The zero-order valence-electron chi connectivity index (χ0n) is 16.4. The normalized spacial score (nSPS) is 14.9. The summed E-state index contributed by atoms with van der Waals surface area (Å²) in [6.45, 7) is 17.1. The molecule has 0 aromatic heterocycles. The quantitative estimate of drug-likeness (QED) is 0.313. The summed E-state index contributed by atoms with van der Waals surface area (Å²) in [5, 5.41) is 0. The predicted molar refractivity (Wildman–Crippen MR) is 125 cm³/mol. The summed E-state index contributed by atoms with van der Waals surface area (Å²) in [6.07, 6.45) is 1.05. The largest absolute Gasteiger partial charge is 0.541 e. The molecule has 0 aliphatic heterocycles. The van der Waals surface area contributed by atoms with Gasteiger partial charge in [0.05, 0.1) is 0 Å². The van der Waals surface area contributed by atoms with E-state index < -0.39 is 52.9 Å². The molecular weight excluding hydrogens is 445 g/mol. The summed E-state index contributed by atoms with van der Waals surface area (Å²) in [6, 6.07) is 1.05. The highest BCUT2D eigenvalue weighted by Crippen LogP contribution is 2.23. The van der Waals surface area contributed by atoms with E-state index in [2.05, 4.69) is 65.0 Å². The molecule has 0 N–H and O–H groups in total. The van der Waals surface area contributed by atoms with Crippen LogP contribution < -0.4 is 0 Å². The summed E-state index contributed by atoms with van der Waals surface area (Å²) < 4.78 is 31.0. The molecule has 0 radical (unpaired) electrons. The first-order valence-electron chi connectivity index (χ1n) is 8.59. The van der Waals surface area contributed by atoms with Crippen molar-refractivity contribution in [1.82, 2.24) is 0 Å². The van der Waals surface area contributed by atoms with Crippen LogP contribution in [0.3, 0.4) is 0 Å². The van der Waals surface area contributed by atoms with Gasteiger partial charge in [-0.1, -0.05) is 0 Å². The third-order valence-corrected chi connectivity index (χ3v) is 22.0. The van der Waals surface area contributed by atoms with Crippen LogP contribution in [-0.2, 0) is 20.6 Å². The van der Waals surface area contributed by atoms with Gasteiger partial charge in [0, 0.05) is 0 Å². The van der Waals surface area contributed by atoms with E-state index in [9.17, 15) is 0 Å². The monoisotopic (exact) mass is 480 g/mol. The van der Waals surface area contributed by atoms with Crippen LogP contribution in [0.4, 0.5) is 0 Å². The number of hydrogen-bond acceptors (Lipinski definition) is 7. The minimum Gasteiger partial charge on any atom is -0.422 e. The van der Waals surface area contributed by atoms with Crippen molar-refractivity contribution in [3.8, 4) is 0 Å². The van der Waals surface area contributed by atoms with Gasteiger partial charge in [0.15, 0.2) is 35.4 Å². The molecule has 0 amide bonds. The summed E-state index contributed by atoms with van der Waals surface area (Å²) in [7, 11) is -11.1. The molecule has 0 saturated carbocycles. The van der Waals surface area contributed by atoms with Gasteiger partial charge in [-0.2, -0.15) is 12.6 Å². The lowest BCUT2D eigenvalue weighted by molar-refractivity contribution is 0.230. The van der Waals surface area contributed by atoms with Gasteiger partial charge in [-0.15, -0.1) is 12.1 Å². The fourth-order valence-corrected chi connectivity index (χ4v) is 22.3. The molecule has 5 nitrogen and oxygen atoms in total. The average molecular weight is 481 g/mol. The molecule has 0 aliphatic rings. The van der Waals surface area contributed by atoms with Crippen molar-refractivity contribution >= 4 is 77.6 Å². The SMILES string of the molecule is C[SiH](C)O[SiH](O[Si](C)(C)CCCS)O[Si](S)(O[SiH](C)C)O[SiH](C)C. The van der Waals surface area contributed by atoms with E-state index in [0.717, 1.165) is 18.2 Å². The van der Waals surface area contributed by atoms with Gasteiger partial charge < -0.3 is 20.6 Å². The Hall–Kier alpha value is 1.80. The molecule has 13 heteroatoms. The van der Waals surface area contributed by atoms with E-state index in [1.807, 2.05) is 0 Å². The van der Waals surface area contributed by atoms with Crippen molar-refractivity contribution in [2.45, 2.75) is 64.8 Å². The van der Waals surface area contributed by atoms with Crippen LogP contribution in [0, 0.1) is 0 Å². The van der Waals surface area contributed by atoms with Crippen LogP contribution in [0.1, 0.15) is 6.42 Å². The Labute approximate surface area is 168 Å². The van der Waals surface area contributed by atoms with Crippen molar-refractivity contribution in [2.75, 3.05) is 5.75 Å². The zero-order chi connectivity index (χ0) is 19.0. The molecule has 0 aromatic carbocycles. The lowest BCUT2D eigenvalue weighted by Crippen LogP contribution is -2.54. The maximum absolute atomic E-state index is 6.40. The van der Waals surface area contributed by atoms with Gasteiger partial charge in [0.25, 0.3) is 0 Å². The van der Waals surface area contributed by atoms with Crippen LogP contribution in [0.5, 0.6) is 0 Å². The van der Waals surface area contributed by atoms with Gasteiger partial charge in [0.2, 0.25) is 0 Å². The van der Waals surface area contributed by atoms with Gasteiger partial charge >= 0.3 is 17.5 Å². The van der Waals surface area contributed by atoms with Crippen LogP contribution in [0.25, 0.3) is 0 Å². The van der Waals surface area contributed by atoms with Gasteiger partial charge in [-0.3, -0.25) is 0 Å². The molecule has 0 heterocycles. The predicted octanol–water partition coefficient (Wildman–Crippen LogP) is 2.63. The summed E-state index contributed by atoms with van der Waals surface area (Å²) in [5.41, 5.74) is 0. The minimum atomic E-state index is -2.98. The minimum absolute atomic E-state index is 0.877. The van der Waals surface area contributed by atoms with E-state index in [0.29, 0.717) is 0 Å².